The predicted molar refractivity (Wildman–Crippen MR) is 78.1 cm³/mol. The Morgan fingerprint density at radius 1 is 1.21 bits per heavy atom. The predicted octanol–water partition coefficient (Wildman–Crippen LogP) is 3.24. The fraction of sp³-hybridized carbons (Fsp3) is 0.500. The molecule has 5 heteroatoms. The molecule has 0 aliphatic carbocycles. The smallest absolute Gasteiger partial charge is 0.188 e. The Kier molecular flexibility index (Phi) is 4.58. The molecule has 2 aromatic rings. The van der Waals surface area contributed by atoms with E-state index in [9.17, 15) is 0 Å². The van der Waals surface area contributed by atoms with Gasteiger partial charge in [-0.15, -0.1) is 0 Å². The lowest BCUT2D eigenvalue weighted by Gasteiger charge is -2.10. The number of aromatic nitrogens is 4. The van der Waals surface area contributed by atoms with Crippen molar-refractivity contribution < 1.29 is 0 Å². The van der Waals surface area contributed by atoms with Crippen molar-refractivity contribution in [1.82, 2.24) is 19.5 Å². The monoisotopic (exact) mass is 276 g/mol. The number of thioether (sulfide) groups is 1. The third-order valence-electron chi connectivity index (χ3n) is 2.67. The van der Waals surface area contributed by atoms with Gasteiger partial charge in [-0.25, -0.2) is 15.0 Å². The molecule has 0 unspecified atom stereocenters. The molecule has 0 N–H and O–H groups in total. The van der Waals surface area contributed by atoms with E-state index in [0.29, 0.717) is 5.92 Å². The first-order valence-electron chi connectivity index (χ1n) is 6.48. The zero-order valence-corrected chi connectivity index (χ0v) is 12.7. The van der Waals surface area contributed by atoms with Gasteiger partial charge in [0.2, 0.25) is 0 Å². The van der Waals surface area contributed by atoms with Crippen LogP contribution in [0.1, 0.15) is 30.9 Å². The third-order valence-corrected chi connectivity index (χ3v) is 3.55. The molecule has 0 spiro atoms. The van der Waals surface area contributed by atoms with Crippen molar-refractivity contribution in [2.24, 2.45) is 5.92 Å². The third kappa shape index (κ3) is 4.06. The van der Waals surface area contributed by atoms with Crippen molar-refractivity contribution in [2.75, 3.05) is 0 Å². The van der Waals surface area contributed by atoms with Gasteiger partial charge < -0.3 is 4.57 Å². The van der Waals surface area contributed by atoms with Crippen LogP contribution < -0.4 is 0 Å². The van der Waals surface area contributed by atoms with E-state index < -0.39 is 0 Å². The van der Waals surface area contributed by atoms with E-state index in [1.807, 2.05) is 32.4 Å². The minimum Gasteiger partial charge on any atom is -0.334 e. The van der Waals surface area contributed by atoms with Crippen LogP contribution in [0.2, 0.25) is 0 Å². The van der Waals surface area contributed by atoms with Crippen LogP contribution in [0.5, 0.6) is 0 Å². The molecule has 2 rings (SSSR count). The molecular weight excluding hydrogens is 256 g/mol. The van der Waals surface area contributed by atoms with Gasteiger partial charge >= 0.3 is 0 Å². The SMILES string of the molecule is Cc1cc(C)nc(SCc2cncn2CC(C)C)n1. The summed E-state index contributed by atoms with van der Waals surface area (Å²) in [6.45, 7) is 9.43. The van der Waals surface area contributed by atoms with Crippen molar-refractivity contribution in [3.63, 3.8) is 0 Å². The molecule has 102 valence electrons. The van der Waals surface area contributed by atoms with Crippen molar-refractivity contribution in [2.45, 2.75) is 45.1 Å². The number of hydrogen-bond donors (Lipinski definition) is 0. The highest BCUT2D eigenvalue weighted by molar-refractivity contribution is 7.98. The summed E-state index contributed by atoms with van der Waals surface area (Å²) in [6, 6.07) is 1.99. The van der Waals surface area contributed by atoms with Gasteiger partial charge in [-0.2, -0.15) is 0 Å². The van der Waals surface area contributed by atoms with Crippen LogP contribution in [0.3, 0.4) is 0 Å². The summed E-state index contributed by atoms with van der Waals surface area (Å²) in [6.07, 6.45) is 3.83. The van der Waals surface area contributed by atoms with Gasteiger partial charge in [0, 0.05) is 35.6 Å². The Morgan fingerprint density at radius 3 is 2.53 bits per heavy atom. The van der Waals surface area contributed by atoms with Crippen molar-refractivity contribution in [3.8, 4) is 0 Å². The summed E-state index contributed by atoms with van der Waals surface area (Å²) in [4.78, 5) is 13.1. The number of aryl methyl sites for hydroxylation is 2. The van der Waals surface area contributed by atoms with E-state index in [0.717, 1.165) is 28.8 Å². The van der Waals surface area contributed by atoms with Gasteiger partial charge in [0.05, 0.1) is 6.33 Å². The fourth-order valence-corrected chi connectivity index (χ4v) is 2.86. The lowest BCUT2D eigenvalue weighted by molar-refractivity contribution is 0.514. The zero-order chi connectivity index (χ0) is 13.8. The second-order valence-corrected chi connectivity index (χ2v) is 6.10. The van der Waals surface area contributed by atoms with E-state index in [1.54, 1.807) is 11.8 Å². The van der Waals surface area contributed by atoms with Crippen molar-refractivity contribution in [1.29, 1.82) is 0 Å². The van der Waals surface area contributed by atoms with Gasteiger partial charge in [-0.3, -0.25) is 0 Å². The molecule has 0 aliphatic heterocycles. The van der Waals surface area contributed by atoms with Crippen LogP contribution in [-0.2, 0) is 12.3 Å². The Morgan fingerprint density at radius 2 is 1.89 bits per heavy atom. The van der Waals surface area contributed by atoms with Crippen LogP contribution in [0.4, 0.5) is 0 Å². The highest BCUT2D eigenvalue weighted by Gasteiger charge is 2.07. The summed E-state index contributed by atoms with van der Waals surface area (Å²) in [5, 5.41) is 0.842. The van der Waals surface area contributed by atoms with Gasteiger partial charge in [-0.05, 0) is 25.8 Å². The Hall–Kier alpha value is -1.36. The zero-order valence-electron chi connectivity index (χ0n) is 11.9. The molecule has 19 heavy (non-hydrogen) atoms. The van der Waals surface area contributed by atoms with Gasteiger partial charge in [-0.1, -0.05) is 25.6 Å². The molecule has 0 radical (unpaired) electrons. The maximum absolute atomic E-state index is 4.45. The Bertz CT molecular complexity index is 528. The standard InChI is InChI=1S/C14H20N4S/c1-10(2)7-18-9-15-6-13(18)8-19-14-16-11(3)5-12(4)17-14/h5-6,9-10H,7-8H2,1-4H3. The minimum absolute atomic E-state index is 0.621. The maximum Gasteiger partial charge on any atom is 0.188 e. The molecule has 0 bridgehead atoms. The second kappa shape index (κ2) is 6.19. The molecule has 0 aliphatic rings. The van der Waals surface area contributed by atoms with Crippen LogP contribution in [0.15, 0.2) is 23.7 Å². The number of hydrogen-bond acceptors (Lipinski definition) is 4. The first-order chi connectivity index (χ1) is 9.04. The molecule has 0 saturated carbocycles. The lowest BCUT2D eigenvalue weighted by atomic mass is 10.2. The number of nitrogens with zero attached hydrogens (tertiary/aromatic N) is 4. The molecule has 2 heterocycles. The van der Waals surface area contributed by atoms with Crippen LogP contribution in [-0.4, -0.2) is 19.5 Å². The van der Waals surface area contributed by atoms with Gasteiger partial charge in [0.1, 0.15) is 0 Å². The lowest BCUT2D eigenvalue weighted by Crippen LogP contribution is -2.06. The van der Waals surface area contributed by atoms with E-state index >= 15 is 0 Å². The van der Waals surface area contributed by atoms with Crippen LogP contribution in [0.25, 0.3) is 0 Å². The highest BCUT2D eigenvalue weighted by atomic mass is 32.2. The van der Waals surface area contributed by atoms with E-state index in [-0.39, 0.29) is 0 Å². The molecule has 2 aromatic heterocycles. The summed E-state index contributed by atoms with van der Waals surface area (Å²) < 4.78 is 2.21. The van der Waals surface area contributed by atoms with Crippen LogP contribution in [0, 0.1) is 19.8 Å². The van der Waals surface area contributed by atoms with Gasteiger partial charge in [0.25, 0.3) is 0 Å². The van der Waals surface area contributed by atoms with Crippen molar-refractivity contribution >= 4 is 11.8 Å². The molecular formula is C14H20N4S. The summed E-state index contributed by atoms with van der Waals surface area (Å²) >= 11 is 1.66. The van der Waals surface area contributed by atoms with E-state index in [1.165, 1.54) is 5.69 Å². The molecule has 0 amide bonds. The average Bonchev–Trinajstić information content (AvgIpc) is 2.71. The highest BCUT2D eigenvalue weighted by Crippen LogP contribution is 2.20. The first-order valence-corrected chi connectivity index (χ1v) is 7.47. The second-order valence-electron chi connectivity index (χ2n) is 5.15. The van der Waals surface area contributed by atoms with E-state index in [4.69, 9.17) is 0 Å². The quantitative estimate of drug-likeness (QED) is 0.621. The number of imidazole rings is 1. The summed E-state index contributed by atoms with van der Waals surface area (Å²) in [7, 11) is 0. The molecule has 0 aromatic carbocycles. The van der Waals surface area contributed by atoms with Crippen molar-refractivity contribution in [3.05, 3.63) is 35.7 Å². The number of rotatable bonds is 5. The normalized spacial score (nSPS) is 11.2. The average molecular weight is 276 g/mol. The molecule has 4 nitrogen and oxygen atoms in total. The molecule has 0 saturated heterocycles. The van der Waals surface area contributed by atoms with Gasteiger partial charge in [0.15, 0.2) is 5.16 Å². The Labute approximate surface area is 118 Å². The molecule has 0 fully saturated rings. The largest absolute Gasteiger partial charge is 0.334 e. The van der Waals surface area contributed by atoms with Crippen LogP contribution >= 0.6 is 11.8 Å². The fourth-order valence-electron chi connectivity index (χ4n) is 1.92. The topological polar surface area (TPSA) is 43.6 Å². The maximum atomic E-state index is 4.45. The Balaban J connectivity index is 2.04. The minimum atomic E-state index is 0.621. The molecule has 0 atom stereocenters. The summed E-state index contributed by atoms with van der Waals surface area (Å²) in [5.74, 6) is 1.48. The van der Waals surface area contributed by atoms with E-state index in [2.05, 4.69) is 33.4 Å². The summed E-state index contributed by atoms with van der Waals surface area (Å²) in [5.41, 5.74) is 3.26. The first kappa shape index (κ1) is 14.1.